The average molecular weight is 402 g/mol. The number of nitrogens with one attached hydrogen (secondary N) is 1. The van der Waals surface area contributed by atoms with Crippen molar-refractivity contribution < 1.29 is 18.4 Å². The molecule has 0 atom stereocenters. The lowest BCUT2D eigenvalue weighted by atomic mass is 10.0. The molecule has 1 amide bonds. The van der Waals surface area contributed by atoms with Crippen molar-refractivity contribution in [2.75, 3.05) is 13.7 Å². The van der Waals surface area contributed by atoms with E-state index in [4.69, 9.17) is 18.8 Å². The van der Waals surface area contributed by atoms with E-state index in [0.717, 1.165) is 22.1 Å². The molecule has 150 valence electrons. The van der Waals surface area contributed by atoms with E-state index in [-0.39, 0.29) is 24.3 Å². The van der Waals surface area contributed by atoms with Gasteiger partial charge in [-0.15, -0.1) is 0 Å². The lowest BCUT2D eigenvalue weighted by Crippen LogP contribution is -2.25. The van der Waals surface area contributed by atoms with Gasteiger partial charge in [0, 0.05) is 17.2 Å². The van der Waals surface area contributed by atoms with Crippen molar-refractivity contribution in [3.05, 3.63) is 64.2 Å². The minimum atomic E-state index is -0.561. The van der Waals surface area contributed by atoms with Crippen LogP contribution < -0.4 is 15.7 Å². The summed E-state index contributed by atoms with van der Waals surface area (Å²) in [5.41, 5.74) is 0.955. The zero-order chi connectivity index (χ0) is 21.3. The zero-order valence-corrected chi connectivity index (χ0v) is 16.4. The molecule has 0 aliphatic rings. The second-order valence-corrected chi connectivity index (χ2v) is 6.83. The average Bonchev–Trinajstić information content (AvgIpc) is 3.09. The fourth-order valence-corrected chi connectivity index (χ4v) is 3.48. The third-order valence-corrected chi connectivity index (χ3v) is 4.84. The van der Waals surface area contributed by atoms with Gasteiger partial charge in [-0.25, -0.2) is 4.79 Å². The summed E-state index contributed by atoms with van der Waals surface area (Å²) in [6.45, 7) is 1.54. The monoisotopic (exact) mass is 402 g/mol. The number of fused-ring (bicyclic) bond motifs is 2. The topological polar surface area (TPSA) is 105 Å². The number of amides is 1. The Morgan fingerprint density at radius 2 is 1.90 bits per heavy atom. The maximum absolute atomic E-state index is 12.5. The predicted octanol–water partition coefficient (Wildman–Crippen LogP) is 3.71. The molecule has 0 fully saturated rings. The van der Waals surface area contributed by atoms with Gasteiger partial charge in [0.05, 0.1) is 19.6 Å². The molecule has 4 rings (SSSR count). The van der Waals surface area contributed by atoms with E-state index in [1.165, 1.54) is 0 Å². The Morgan fingerprint density at radius 1 is 1.13 bits per heavy atom. The fourth-order valence-electron chi connectivity index (χ4n) is 3.48. The number of benzene rings is 2. The summed E-state index contributed by atoms with van der Waals surface area (Å²) in [6.07, 6.45) is -0.113. The number of carbonyl (C=O) groups is 1. The van der Waals surface area contributed by atoms with E-state index in [2.05, 4.69) is 5.32 Å². The Hall–Kier alpha value is -4.05. The van der Waals surface area contributed by atoms with Crippen molar-refractivity contribution in [3.8, 4) is 23.1 Å². The summed E-state index contributed by atoms with van der Waals surface area (Å²) in [6, 6.07) is 14.9. The molecule has 0 radical (unpaired) electrons. The van der Waals surface area contributed by atoms with Crippen LogP contribution in [0.25, 0.3) is 33.1 Å². The number of rotatable bonds is 5. The van der Waals surface area contributed by atoms with Gasteiger partial charge in [0.15, 0.2) is 0 Å². The Morgan fingerprint density at radius 3 is 2.67 bits per heavy atom. The smallest absolute Gasteiger partial charge is 0.347 e. The number of furan rings is 1. The zero-order valence-electron chi connectivity index (χ0n) is 16.4. The summed E-state index contributed by atoms with van der Waals surface area (Å²) in [5.74, 6) is 1.21. The lowest BCUT2D eigenvalue weighted by Gasteiger charge is -2.06. The van der Waals surface area contributed by atoms with Crippen LogP contribution >= 0.6 is 0 Å². The molecule has 1 N–H and O–H groups in total. The number of nitriles is 1. The van der Waals surface area contributed by atoms with E-state index in [1.54, 1.807) is 20.1 Å². The minimum Gasteiger partial charge on any atom is -0.497 e. The molecule has 2 heterocycles. The molecule has 2 aromatic carbocycles. The summed E-state index contributed by atoms with van der Waals surface area (Å²) in [7, 11) is 1.61. The number of hydrogen-bond donors (Lipinski definition) is 1. The first kappa shape index (κ1) is 19.3. The summed E-state index contributed by atoms with van der Waals surface area (Å²) in [5, 5.41) is 13.4. The van der Waals surface area contributed by atoms with Crippen molar-refractivity contribution >= 4 is 27.6 Å². The van der Waals surface area contributed by atoms with E-state index < -0.39 is 5.63 Å². The normalized spacial score (nSPS) is 10.8. The SMILES string of the molecule is COc1ccc2cc(-c3oc4cc(C)oc(=O)c4c3CC(=O)NCC#N)ccc2c1. The van der Waals surface area contributed by atoms with Crippen LogP contribution in [0, 0.1) is 18.3 Å². The number of hydrogen-bond acceptors (Lipinski definition) is 6. The maximum Gasteiger partial charge on any atom is 0.347 e. The summed E-state index contributed by atoms with van der Waals surface area (Å²) in [4.78, 5) is 24.8. The Labute approximate surface area is 171 Å². The van der Waals surface area contributed by atoms with Gasteiger partial charge in [-0.1, -0.05) is 18.2 Å². The number of nitrogens with zero attached hydrogens (tertiary/aromatic N) is 1. The van der Waals surface area contributed by atoms with Crippen molar-refractivity contribution in [3.63, 3.8) is 0 Å². The van der Waals surface area contributed by atoms with Gasteiger partial charge in [-0.3, -0.25) is 4.79 Å². The molecular weight excluding hydrogens is 384 g/mol. The largest absolute Gasteiger partial charge is 0.497 e. The molecule has 0 unspecified atom stereocenters. The van der Waals surface area contributed by atoms with Crippen molar-refractivity contribution in [1.82, 2.24) is 5.32 Å². The molecule has 2 aromatic heterocycles. The Kier molecular flexibility index (Phi) is 4.98. The number of ether oxygens (including phenoxy) is 1. The van der Waals surface area contributed by atoms with Crippen LogP contribution in [0.15, 0.2) is 56.1 Å². The van der Waals surface area contributed by atoms with Gasteiger partial charge in [0.2, 0.25) is 5.91 Å². The molecule has 0 aliphatic carbocycles. The van der Waals surface area contributed by atoms with Crippen LogP contribution in [0.4, 0.5) is 0 Å². The third-order valence-electron chi connectivity index (χ3n) is 4.84. The molecule has 0 aliphatic heterocycles. The van der Waals surface area contributed by atoms with Crippen LogP contribution in [0.5, 0.6) is 5.75 Å². The number of carbonyl (C=O) groups excluding carboxylic acids is 1. The Bertz CT molecular complexity index is 1370. The molecule has 7 nitrogen and oxygen atoms in total. The van der Waals surface area contributed by atoms with Gasteiger partial charge in [-0.2, -0.15) is 5.26 Å². The molecule has 0 bridgehead atoms. The van der Waals surface area contributed by atoms with Crippen molar-refractivity contribution in [2.45, 2.75) is 13.3 Å². The van der Waals surface area contributed by atoms with E-state index >= 15 is 0 Å². The summed E-state index contributed by atoms with van der Waals surface area (Å²) < 4.78 is 16.5. The fraction of sp³-hybridized carbons (Fsp3) is 0.174. The molecule has 0 saturated heterocycles. The second kappa shape index (κ2) is 7.76. The predicted molar refractivity (Wildman–Crippen MR) is 111 cm³/mol. The highest BCUT2D eigenvalue weighted by Gasteiger charge is 2.22. The van der Waals surface area contributed by atoms with E-state index in [0.29, 0.717) is 22.7 Å². The molecule has 4 aromatic rings. The first-order valence-electron chi connectivity index (χ1n) is 9.28. The van der Waals surface area contributed by atoms with Crippen LogP contribution in [0.1, 0.15) is 11.3 Å². The first-order valence-corrected chi connectivity index (χ1v) is 9.28. The van der Waals surface area contributed by atoms with Gasteiger partial charge in [-0.05, 0) is 35.9 Å². The molecular formula is C23H18N2O5. The quantitative estimate of drug-likeness (QED) is 0.510. The highest BCUT2D eigenvalue weighted by Crippen LogP contribution is 2.35. The first-order chi connectivity index (χ1) is 14.5. The van der Waals surface area contributed by atoms with Gasteiger partial charge < -0.3 is 18.9 Å². The van der Waals surface area contributed by atoms with Gasteiger partial charge >= 0.3 is 5.63 Å². The van der Waals surface area contributed by atoms with Gasteiger partial charge in [0.1, 0.15) is 34.8 Å². The van der Waals surface area contributed by atoms with Crippen molar-refractivity contribution in [1.29, 1.82) is 5.26 Å². The van der Waals surface area contributed by atoms with Crippen molar-refractivity contribution in [2.24, 2.45) is 0 Å². The highest BCUT2D eigenvalue weighted by molar-refractivity contribution is 5.95. The van der Waals surface area contributed by atoms with Crippen LogP contribution in [-0.2, 0) is 11.2 Å². The van der Waals surface area contributed by atoms with Crippen LogP contribution in [0.2, 0.25) is 0 Å². The standard InChI is InChI=1S/C23H18N2O5/c1-13-9-19-21(23(27)29-13)18(12-20(26)25-8-7-24)22(30-19)16-4-3-15-11-17(28-2)6-5-14(15)10-16/h3-6,9-11H,8,12H2,1-2H3,(H,25,26). The number of methoxy groups -OCH3 is 1. The molecule has 0 spiro atoms. The Balaban J connectivity index is 1.89. The highest BCUT2D eigenvalue weighted by atomic mass is 16.5. The lowest BCUT2D eigenvalue weighted by molar-refractivity contribution is -0.120. The van der Waals surface area contributed by atoms with Crippen LogP contribution in [0.3, 0.4) is 0 Å². The second-order valence-electron chi connectivity index (χ2n) is 6.83. The number of aryl methyl sites for hydroxylation is 1. The summed E-state index contributed by atoms with van der Waals surface area (Å²) >= 11 is 0. The minimum absolute atomic E-state index is 0.113. The molecule has 0 saturated carbocycles. The van der Waals surface area contributed by atoms with E-state index in [1.807, 2.05) is 42.5 Å². The molecule has 30 heavy (non-hydrogen) atoms. The van der Waals surface area contributed by atoms with E-state index in [9.17, 15) is 9.59 Å². The van der Waals surface area contributed by atoms with Gasteiger partial charge in [0.25, 0.3) is 0 Å². The maximum atomic E-state index is 12.5. The van der Waals surface area contributed by atoms with Crippen LogP contribution in [-0.4, -0.2) is 19.6 Å². The third kappa shape index (κ3) is 3.51. The molecule has 7 heteroatoms.